The van der Waals surface area contributed by atoms with Crippen molar-refractivity contribution >= 4 is 33.8 Å². The first-order valence-electron chi connectivity index (χ1n) is 7.49. The van der Waals surface area contributed by atoms with Crippen molar-refractivity contribution < 1.29 is 19.1 Å². The Morgan fingerprint density at radius 3 is 2.56 bits per heavy atom. The Labute approximate surface area is 153 Å². The normalized spacial score (nSPS) is 11.5. The van der Waals surface area contributed by atoms with Crippen LogP contribution >= 0.6 is 15.9 Å². The van der Waals surface area contributed by atoms with E-state index in [1.165, 1.54) is 12.1 Å². The number of benzene rings is 1. The standard InChI is InChI=1S/C18H17BrN2O4/c19-16-10-9-15(25-16)18(24)21-14(17(23)20-11-12-22)8-4-7-13-5-2-1-3-6-13/h1-10,22H,11-12H2,(H,20,23)(H,21,24)/b7-4+,14-8-. The van der Waals surface area contributed by atoms with Gasteiger partial charge >= 0.3 is 0 Å². The summed E-state index contributed by atoms with van der Waals surface area (Å²) in [4.78, 5) is 24.3. The topological polar surface area (TPSA) is 91.6 Å². The van der Waals surface area contributed by atoms with Crippen LogP contribution in [0.4, 0.5) is 0 Å². The van der Waals surface area contributed by atoms with Crippen LogP contribution < -0.4 is 10.6 Å². The molecule has 0 atom stereocenters. The van der Waals surface area contributed by atoms with Gasteiger partial charge in [0.25, 0.3) is 11.8 Å². The Balaban J connectivity index is 2.14. The smallest absolute Gasteiger partial charge is 0.291 e. The van der Waals surface area contributed by atoms with Crippen molar-refractivity contribution in [1.29, 1.82) is 0 Å². The molecular formula is C18H17BrN2O4. The van der Waals surface area contributed by atoms with Crippen LogP contribution in [0.25, 0.3) is 6.08 Å². The number of furan rings is 1. The fraction of sp³-hybridized carbons (Fsp3) is 0.111. The lowest BCUT2D eigenvalue weighted by molar-refractivity contribution is -0.117. The average molecular weight is 405 g/mol. The van der Waals surface area contributed by atoms with Crippen LogP contribution in [-0.2, 0) is 4.79 Å². The highest BCUT2D eigenvalue weighted by molar-refractivity contribution is 9.10. The number of aliphatic hydroxyl groups excluding tert-OH is 1. The summed E-state index contributed by atoms with van der Waals surface area (Å²) in [5.74, 6) is -0.991. The van der Waals surface area contributed by atoms with Gasteiger partial charge in [-0.25, -0.2) is 0 Å². The number of carbonyl (C=O) groups is 2. The van der Waals surface area contributed by atoms with E-state index in [1.807, 2.05) is 30.3 Å². The lowest BCUT2D eigenvalue weighted by atomic mass is 10.2. The maximum absolute atomic E-state index is 12.2. The molecule has 0 radical (unpaired) electrons. The molecule has 25 heavy (non-hydrogen) atoms. The molecule has 0 spiro atoms. The number of carbonyl (C=O) groups excluding carboxylic acids is 2. The lowest BCUT2D eigenvalue weighted by Gasteiger charge is -2.08. The Hall–Kier alpha value is -2.64. The van der Waals surface area contributed by atoms with Gasteiger partial charge in [0.05, 0.1) is 6.61 Å². The molecule has 0 unspecified atom stereocenters. The van der Waals surface area contributed by atoms with Crippen molar-refractivity contribution in [1.82, 2.24) is 10.6 Å². The summed E-state index contributed by atoms with van der Waals surface area (Å²) in [6.07, 6.45) is 4.94. The van der Waals surface area contributed by atoms with Crippen molar-refractivity contribution in [2.75, 3.05) is 13.2 Å². The Morgan fingerprint density at radius 1 is 1.16 bits per heavy atom. The molecule has 0 bridgehead atoms. The summed E-state index contributed by atoms with van der Waals surface area (Å²) in [7, 11) is 0. The Bertz CT molecular complexity index is 781. The highest BCUT2D eigenvalue weighted by Crippen LogP contribution is 2.14. The third-order valence-corrected chi connectivity index (χ3v) is 3.46. The first kappa shape index (κ1) is 18.7. The number of hydrogen-bond donors (Lipinski definition) is 3. The number of allylic oxidation sites excluding steroid dienone is 2. The number of aliphatic hydroxyl groups is 1. The molecule has 7 heteroatoms. The van der Waals surface area contributed by atoms with E-state index < -0.39 is 11.8 Å². The fourth-order valence-electron chi connectivity index (χ4n) is 1.88. The maximum Gasteiger partial charge on any atom is 0.291 e. The second-order valence-corrected chi connectivity index (χ2v) is 5.67. The summed E-state index contributed by atoms with van der Waals surface area (Å²) in [6, 6.07) is 12.6. The molecule has 0 aliphatic carbocycles. The monoisotopic (exact) mass is 404 g/mol. The van der Waals surface area contributed by atoms with Crippen molar-refractivity contribution in [3.8, 4) is 0 Å². The minimum absolute atomic E-state index is 0.0400. The summed E-state index contributed by atoms with van der Waals surface area (Å²) in [6.45, 7) is -0.112. The first-order chi connectivity index (χ1) is 12.1. The molecule has 0 saturated heterocycles. The van der Waals surface area contributed by atoms with Gasteiger partial charge < -0.3 is 20.2 Å². The maximum atomic E-state index is 12.2. The summed E-state index contributed by atoms with van der Waals surface area (Å²) < 4.78 is 5.58. The summed E-state index contributed by atoms with van der Waals surface area (Å²) in [5.41, 5.74) is 0.994. The van der Waals surface area contributed by atoms with Crippen LogP contribution in [-0.4, -0.2) is 30.1 Å². The minimum atomic E-state index is -0.552. The van der Waals surface area contributed by atoms with Crippen LogP contribution in [0, 0.1) is 0 Å². The van der Waals surface area contributed by atoms with Crippen LogP contribution in [0.5, 0.6) is 0 Å². The molecule has 0 aliphatic rings. The molecule has 0 saturated carbocycles. The van der Waals surface area contributed by atoms with Crippen molar-refractivity contribution in [2.24, 2.45) is 0 Å². The Kier molecular flexibility index (Phi) is 7.18. The molecule has 0 fully saturated rings. The number of nitrogens with one attached hydrogen (secondary N) is 2. The molecule has 1 aromatic heterocycles. The van der Waals surface area contributed by atoms with Gasteiger partial charge in [-0.2, -0.15) is 0 Å². The van der Waals surface area contributed by atoms with Gasteiger partial charge in [0.2, 0.25) is 0 Å². The largest absolute Gasteiger partial charge is 0.444 e. The zero-order chi connectivity index (χ0) is 18.1. The van der Waals surface area contributed by atoms with E-state index in [0.29, 0.717) is 4.67 Å². The molecule has 2 amide bonds. The highest BCUT2D eigenvalue weighted by Gasteiger charge is 2.16. The molecule has 0 aliphatic heterocycles. The number of hydrogen-bond acceptors (Lipinski definition) is 4. The second kappa shape index (κ2) is 9.61. The van der Waals surface area contributed by atoms with E-state index in [2.05, 4.69) is 26.6 Å². The summed E-state index contributed by atoms with van der Waals surface area (Å²) in [5, 5.41) is 13.8. The fourth-order valence-corrected chi connectivity index (χ4v) is 2.19. The minimum Gasteiger partial charge on any atom is -0.444 e. The van der Waals surface area contributed by atoms with E-state index in [0.717, 1.165) is 5.56 Å². The summed E-state index contributed by atoms with van der Waals surface area (Å²) >= 11 is 3.12. The molecule has 2 rings (SSSR count). The van der Waals surface area contributed by atoms with E-state index >= 15 is 0 Å². The van der Waals surface area contributed by atoms with E-state index in [1.54, 1.807) is 18.2 Å². The van der Waals surface area contributed by atoms with Gasteiger partial charge in [-0.05, 0) is 39.7 Å². The number of halogens is 1. The first-order valence-corrected chi connectivity index (χ1v) is 8.28. The molecular weight excluding hydrogens is 388 g/mol. The van der Waals surface area contributed by atoms with E-state index in [9.17, 15) is 9.59 Å². The predicted molar refractivity (Wildman–Crippen MR) is 97.5 cm³/mol. The van der Waals surface area contributed by atoms with Crippen molar-refractivity contribution in [3.05, 3.63) is 76.3 Å². The van der Waals surface area contributed by atoms with Gasteiger partial charge in [0.1, 0.15) is 5.70 Å². The molecule has 2 aromatic rings. The molecule has 130 valence electrons. The highest BCUT2D eigenvalue weighted by atomic mass is 79.9. The van der Waals surface area contributed by atoms with Gasteiger partial charge in [-0.1, -0.05) is 42.5 Å². The van der Waals surface area contributed by atoms with Gasteiger partial charge in [0, 0.05) is 6.54 Å². The van der Waals surface area contributed by atoms with Gasteiger partial charge in [-0.3, -0.25) is 9.59 Å². The lowest BCUT2D eigenvalue weighted by Crippen LogP contribution is -2.36. The average Bonchev–Trinajstić information content (AvgIpc) is 3.06. The van der Waals surface area contributed by atoms with Crippen LogP contribution in [0.15, 0.2) is 69.4 Å². The van der Waals surface area contributed by atoms with E-state index in [4.69, 9.17) is 9.52 Å². The second-order valence-electron chi connectivity index (χ2n) is 4.89. The molecule has 1 aromatic carbocycles. The predicted octanol–water partition coefficient (Wildman–Crippen LogP) is 2.48. The third-order valence-electron chi connectivity index (χ3n) is 3.04. The van der Waals surface area contributed by atoms with Crippen LogP contribution in [0.2, 0.25) is 0 Å². The number of amides is 2. The zero-order valence-electron chi connectivity index (χ0n) is 13.2. The van der Waals surface area contributed by atoms with Crippen molar-refractivity contribution in [2.45, 2.75) is 0 Å². The molecule has 3 N–H and O–H groups in total. The van der Waals surface area contributed by atoms with Gasteiger partial charge in [0.15, 0.2) is 10.4 Å². The third kappa shape index (κ3) is 6.06. The molecule has 1 heterocycles. The molecule has 6 nitrogen and oxygen atoms in total. The van der Waals surface area contributed by atoms with Crippen LogP contribution in [0.3, 0.4) is 0 Å². The Morgan fingerprint density at radius 2 is 1.92 bits per heavy atom. The van der Waals surface area contributed by atoms with Crippen molar-refractivity contribution in [3.63, 3.8) is 0 Å². The van der Waals surface area contributed by atoms with Crippen LogP contribution in [0.1, 0.15) is 16.1 Å². The van der Waals surface area contributed by atoms with E-state index in [-0.39, 0.29) is 24.6 Å². The SMILES string of the molecule is O=C(NCCO)/C(=C/C=C/c1ccccc1)NC(=O)c1ccc(Br)o1. The zero-order valence-corrected chi connectivity index (χ0v) is 14.8. The quantitative estimate of drug-likeness (QED) is 0.488. The van der Waals surface area contributed by atoms with Gasteiger partial charge in [-0.15, -0.1) is 0 Å². The number of rotatable bonds is 7.